The Balaban J connectivity index is 3.38. The summed E-state index contributed by atoms with van der Waals surface area (Å²) in [6.45, 7) is 5.35. The fourth-order valence-corrected chi connectivity index (χ4v) is 4.74. The summed E-state index contributed by atoms with van der Waals surface area (Å²) in [5, 5.41) is 9.47. The Kier molecular flexibility index (Phi) is 30.1. The maximum atomic E-state index is 12.1. The molecule has 0 aliphatic heterocycles. The Bertz CT molecular complexity index is 426. The van der Waals surface area contributed by atoms with E-state index in [1.807, 2.05) is 0 Å². The van der Waals surface area contributed by atoms with Crippen LogP contribution in [0.4, 0.5) is 0 Å². The minimum Gasteiger partial charge on any atom is -0.457 e. The van der Waals surface area contributed by atoms with Gasteiger partial charge in [-0.25, -0.2) is 0 Å². The van der Waals surface area contributed by atoms with Crippen LogP contribution >= 0.6 is 0 Å². The van der Waals surface area contributed by atoms with Crippen LogP contribution in [0.5, 0.6) is 0 Å². The molecule has 4 heteroatoms. The smallest absolute Gasteiger partial charge is 0.306 e. The average molecular weight is 513 g/mol. The summed E-state index contributed by atoms with van der Waals surface area (Å²) >= 11 is 0. The van der Waals surface area contributed by atoms with Crippen LogP contribution < -0.4 is 0 Å². The lowest BCUT2D eigenvalue weighted by molar-refractivity contribution is -0.154. The summed E-state index contributed by atoms with van der Waals surface area (Å²) in [6, 6.07) is 0. The summed E-state index contributed by atoms with van der Waals surface area (Å²) in [4.78, 5) is 12.1. The van der Waals surface area contributed by atoms with Gasteiger partial charge in [-0.15, -0.1) is 0 Å². The molecule has 0 aliphatic rings. The summed E-state index contributed by atoms with van der Waals surface area (Å²) in [5.41, 5.74) is 0. The first-order chi connectivity index (χ1) is 17.7. The van der Waals surface area contributed by atoms with E-state index >= 15 is 0 Å². The standard InChI is InChI=1S/C32H64O4/c1-3-5-7-9-11-13-14-15-16-17-18-19-20-21-23-25-27-32(34)36-31(29-33)30-35-28-26-24-22-12-10-8-6-4-2/h31,33H,3-30H2,1-2H3. The van der Waals surface area contributed by atoms with Gasteiger partial charge in [0.1, 0.15) is 6.10 Å². The number of hydrogen-bond acceptors (Lipinski definition) is 4. The Morgan fingerprint density at radius 3 is 1.31 bits per heavy atom. The van der Waals surface area contributed by atoms with Crippen LogP contribution in [0.3, 0.4) is 0 Å². The van der Waals surface area contributed by atoms with E-state index in [2.05, 4.69) is 13.8 Å². The molecule has 0 amide bonds. The number of esters is 1. The Morgan fingerprint density at radius 2 is 0.917 bits per heavy atom. The van der Waals surface area contributed by atoms with Crippen molar-refractivity contribution in [3.05, 3.63) is 0 Å². The third-order valence-electron chi connectivity index (χ3n) is 7.18. The molecule has 0 heterocycles. The Morgan fingerprint density at radius 1 is 0.556 bits per heavy atom. The zero-order chi connectivity index (χ0) is 26.4. The summed E-state index contributed by atoms with van der Waals surface area (Å²) in [7, 11) is 0. The zero-order valence-electron chi connectivity index (χ0n) is 24.5. The lowest BCUT2D eigenvalue weighted by Crippen LogP contribution is -2.27. The molecule has 0 fully saturated rings. The molecule has 4 nitrogen and oxygen atoms in total. The van der Waals surface area contributed by atoms with Crippen LogP contribution in [-0.2, 0) is 14.3 Å². The fraction of sp³-hybridized carbons (Fsp3) is 0.969. The van der Waals surface area contributed by atoms with Gasteiger partial charge >= 0.3 is 5.97 Å². The van der Waals surface area contributed by atoms with Crippen molar-refractivity contribution in [2.75, 3.05) is 19.8 Å². The van der Waals surface area contributed by atoms with E-state index in [9.17, 15) is 9.90 Å². The molecule has 0 aromatic carbocycles. The summed E-state index contributed by atoms with van der Waals surface area (Å²) < 4.78 is 11.0. The normalized spacial score (nSPS) is 12.2. The molecular weight excluding hydrogens is 448 g/mol. The maximum Gasteiger partial charge on any atom is 0.306 e. The van der Waals surface area contributed by atoms with Gasteiger partial charge in [0, 0.05) is 13.0 Å². The molecule has 0 aromatic rings. The number of aliphatic hydroxyl groups is 1. The lowest BCUT2D eigenvalue weighted by atomic mass is 10.0. The van der Waals surface area contributed by atoms with E-state index in [4.69, 9.17) is 9.47 Å². The minimum absolute atomic E-state index is 0.165. The molecule has 0 aromatic heterocycles. The van der Waals surface area contributed by atoms with E-state index in [0.29, 0.717) is 19.6 Å². The predicted octanol–water partition coefficient (Wildman–Crippen LogP) is 9.70. The summed E-state index contributed by atoms with van der Waals surface area (Å²) in [5.74, 6) is -0.199. The van der Waals surface area contributed by atoms with Crippen molar-refractivity contribution in [2.24, 2.45) is 0 Å². The third-order valence-corrected chi connectivity index (χ3v) is 7.18. The topological polar surface area (TPSA) is 55.8 Å². The lowest BCUT2D eigenvalue weighted by Gasteiger charge is -2.16. The van der Waals surface area contributed by atoms with Crippen molar-refractivity contribution in [2.45, 2.75) is 180 Å². The fourth-order valence-electron chi connectivity index (χ4n) is 4.74. The summed E-state index contributed by atoms with van der Waals surface area (Å²) in [6.07, 6.45) is 31.3. The number of carbonyl (C=O) groups is 1. The van der Waals surface area contributed by atoms with Gasteiger partial charge in [0.2, 0.25) is 0 Å². The minimum atomic E-state index is -0.521. The largest absolute Gasteiger partial charge is 0.457 e. The van der Waals surface area contributed by atoms with Crippen LogP contribution in [0.2, 0.25) is 0 Å². The van der Waals surface area contributed by atoms with Crippen molar-refractivity contribution >= 4 is 5.97 Å². The molecular formula is C32H64O4. The van der Waals surface area contributed by atoms with Crippen molar-refractivity contribution < 1.29 is 19.4 Å². The Labute approximate surface area is 225 Å². The molecule has 0 bridgehead atoms. The highest BCUT2D eigenvalue weighted by Gasteiger charge is 2.13. The van der Waals surface area contributed by atoms with Gasteiger partial charge in [0.05, 0.1) is 13.2 Å². The van der Waals surface area contributed by atoms with Gasteiger partial charge in [0.25, 0.3) is 0 Å². The van der Waals surface area contributed by atoms with Crippen molar-refractivity contribution in [3.8, 4) is 0 Å². The Hall–Kier alpha value is -0.610. The number of rotatable bonds is 30. The number of unbranched alkanes of at least 4 members (excludes halogenated alkanes) is 22. The highest BCUT2D eigenvalue weighted by atomic mass is 16.6. The van der Waals surface area contributed by atoms with E-state index in [1.165, 1.54) is 135 Å². The highest BCUT2D eigenvalue weighted by Crippen LogP contribution is 2.14. The van der Waals surface area contributed by atoms with E-state index in [0.717, 1.165) is 19.3 Å². The quantitative estimate of drug-likeness (QED) is 0.0768. The molecule has 1 unspecified atom stereocenters. The molecule has 0 spiro atoms. The van der Waals surface area contributed by atoms with E-state index in [-0.39, 0.29) is 12.6 Å². The van der Waals surface area contributed by atoms with Crippen LogP contribution in [0.15, 0.2) is 0 Å². The molecule has 0 saturated heterocycles. The SMILES string of the molecule is CCCCCCCCCCCCCCCCCCC(=O)OC(CO)COCCCCCCCCCC. The number of hydrogen-bond donors (Lipinski definition) is 1. The molecule has 36 heavy (non-hydrogen) atoms. The monoisotopic (exact) mass is 512 g/mol. The molecule has 0 radical (unpaired) electrons. The van der Waals surface area contributed by atoms with Crippen LogP contribution in [0.1, 0.15) is 174 Å². The predicted molar refractivity (Wildman–Crippen MR) is 155 cm³/mol. The molecule has 0 rings (SSSR count). The molecule has 0 saturated carbocycles. The zero-order valence-corrected chi connectivity index (χ0v) is 24.5. The van der Waals surface area contributed by atoms with Gasteiger partial charge in [-0.2, -0.15) is 0 Å². The van der Waals surface area contributed by atoms with Crippen molar-refractivity contribution in [1.29, 1.82) is 0 Å². The number of aliphatic hydroxyl groups excluding tert-OH is 1. The van der Waals surface area contributed by atoms with Crippen molar-refractivity contribution in [3.63, 3.8) is 0 Å². The van der Waals surface area contributed by atoms with Gasteiger partial charge < -0.3 is 14.6 Å². The van der Waals surface area contributed by atoms with Gasteiger partial charge in [0.15, 0.2) is 0 Å². The molecule has 1 atom stereocenters. The molecule has 1 N–H and O–H groups in total. The second-order valence-electron chi connectivity index (χ2n) is 10.9. The third kappa shape index (κ3) is 28.0. The second-order valence-corrected chi connectivity index (χ2v) is 10.9. The maximum absolute atomic E-state index is 12.1. The van der Waals surface area contributed by atoms with Crippen LogP contribution in [-0.4, -0.2) is 37.0 Å². The molecule has 216 valence electrons. The first kappa shape index (κ1) is 35.4. The van der Waals surface area contributed by atoms with E-state index in [1.54, 1.807) is 0 Å². The van der Waals surface area contributed by atoms with Crippen LogP contribution in [0.25, 0.3) is 0 Å². The number of ether oxygens (including phenoxy) is 2. The van der Waals surface area contributed by atoms with Gasteiger partial charge in [-0.05, 0) is 12.8 Å². The molecule has 0 aliphatic carbocycles. The van der Waals surface area contributed by atoms with Crippen LogP contribution in [0, 0.1) is 0 Å². The number of carbonyl (C=O) groups excluding carboxylic acids is 1. The van der Waals surface area contributed by atoms with Gasteiger partial charge in [-0.3, -0.25) is 4.79 Å². The van der Waals surface area contributed by atoms with Crippen molar-refractivity contribution in [1.82, 2.24) is 0 Å². The highest BCUT2D eigenvalue weighted by molar-refractivity contribution is 5.69. The van der Waals surface area contributed by atoms with Gasteiger partial charge in [-0.1, -0.05) is 155 Å². The first-order valence-electron chi connectivity index (χ1n) is 16.1. The second kappa shape index (κ2) is 30.6. The average Bonchev–Trinajstić information content (AvgIpc) is 2.88. The first-order valence-corrected chi connectivity index (χ1v) is 16.1. The van der Waals surface area contributed by atoms with E-state index < -0.39 is 6.10 Å².